The lowest BCUT2D eigenvalue weighted by atomic mass is 9.92. The standard InChI is InChI=1S/C48H27N5S/c1-2-12-28(13-3-1)45-33-17-7-10-20-38(33)51-48(52-45)53-39-23-22-29(26-35(39)36-27-49-25-24-40(36)53)46-44-42(32-16-6-9-19-37(32)50-46)30-14-4-5-15-31(30)43-34-18-8-11-21-41(34)54-47(43)44/h1-27H. The average Bonchev–Trinajstić information content (AvgIpc) is 3.79. The van der Waals surface area contributed by atoms with Gasteiger partial charge in [-0.2, -0.15) is 0 Å². The predicted octanol–water partition coefficient (Wildman–Crippen LogP) is 12.7. The van der Waals surface area contributed by atoms with Gasteiger partial charge in [-0.1, -0.05) is 115 Å². The normalized spacial score (nSPS) is 12.1. The maximum Gasteiger partial charge on any atom is 0.235 e. The Balaban J connectivity index is 1.19. The van der Waals surface area contributed by atoms with Gasteiger partial charge in [0.2, 0.25) is 5.95 Å². The maximum atomic E-state index is 5.49. The van der Waals surface area contributed by atoms with Crippen molar-refractivity contribution in [1.29, 1.82) is 0 Å². The van der Waals surface area contributed by atoms with E-state index in [-0.39, 0.29) is 0 Å². The van der Waals surface area contributed by atoms with Crippen LogP contribution in [0.15, 0.2) is 164 Å². The molecule has 12 aromatic rings. The van der Waals surface area contributed by atoms with Crippen molar-refractivity contribution in [3.05, 3.63) is 164 Å². The quantitative estimate of drug-likeness (QED) is 0.172. The molecule has 0 saturated carbocycles. The van der Waals surface area contributed by atoms with Crippen molar-refractivity contribution < 1.29 is 0 Å². The zero-order valence-corrected chi connectivity index (χ0v) is 29.5. The van der Waals surface area contributed by atoms with E-state index in [9.17, 15) is 0 Å². The van der Waals surface area contributed by atoms with Crippen LogP contribution in [0.25, 0.3) is 114 Å². The highest BCUT2D eigenvalue weighted by Gasteiger charge is 2.22. The Kier molecular flexibility index (Phi) is 6.15. The van der Waals surface area contributed by atoms with Crippen LogP contribution < -0.4 is 0 Å². The summed E-state index contributed by atoms with van der Waals surface area (Å²) in [7, 11) is 0. The molecule has 5 nitrogen and oxygen atoms in total. The molecular formula is C48H27N5S. The van der Waals surface area contributed by atoms with Gasteiger partial charge in [0.15, 0.2) is 0 Å². The predicted molar refractivity (Wildman–Crippen MR) is 226 cm³/mol. The fourth-order valence-electron chi connectivity index (χ4n) is 8.54. The summed E-state index contributed by atoms with van der Waals surface area (Å²) in [4.78, 5) is 20.5. The molecule has 0 amide bonds. The molecule has 0 unspecified atom stereocenters. The second-order valence-electron chi connectivity index (χ2n) is 13.8. The number of hydrogen-bond donors (Lipinski definition) is 0. The van der Waals surface area contributed by atoms with Crippen LogP contribution in [0.4, 0.5) is 0 Å². The number of rotatable bonds is 3. The van der Waals surface area contributed by atoms with Crippen molar-refractivity contribution in [3.8, 4) is 28.5 Å². The molecule has 0 aliphatic rings. The van der Waals surface area contributed by atoms with Crippen LogP contribution in [-0.4, -0.2) is 24.5 Å². The zero-order chi connectivity index (χ0) is 35.3. The first-order valence-electron chi connectivity index (χ1n) is 18.1. The Bertz CT molecular complexity index is 3510. The monoisotopic (exact) mass is 705 g/mol. The summed E-state index contributed by atoms with van der Waals surface area (Å²) in [5, 5.41) is 11.8. The van der Waals surface area contributed by atoms with E-state index in [2.05, 4.69) is 143 Å². The molecule has 5 heterocycles. The molecule has 7 aromatic carbocycles. The first kappa shape index (κ1) is 29.5. The lowest BCUT2D eigenvalue weighted by molar-refractivity contribution is 1.01. The minimum Gasteiger partial charge on any atom is -0.278 e. The van der Waals surface area contributed by atoms with Crippen molar-refractivity contribution in [3.63, 3.8) is 0 Å². The molecule has 0 aliphatic carbocycles. The van der Waals surface area contributed by atoms with Gasteiger partial charge in [-0.15, -0.1) is 11.3 Å². The van der Waals surface area contributed by atoms with Crippen LogP contribution in [-0.2, 0) is 0 Å². The second kappa shape index (κ2) is 11.2. The molecule has 0 bridgehead atoms. The van der Waals surface area contributed by atoms with Crippen LogP contribution in [0.2, 0.25) is 0 Å². The summed E-state index contributed by atoms with van der Waals surface area (Å²) in [6.07, 6.45) is 3.81. The van der Waals surface area contributed by atoms with E-state index in [1.165, 1.54) is 41.7 Å². The van der Waals surface area contributed by atoms with Gasteiger partial charge in [-0.3, -0.25) is 9.55 Å². The minimum absolute atomic E-state index is 0.624. The van der Waals surface area contributed by atoms with E-state index in [1.54, 1.807) is 0 Å². The lowest BCUT2D eigenvalue weighted by Gasteiger charge is -2.15. The summed E-state index contributed by atoms with van der Waals surface area (Å²) < 4.78 is 4.72. The third kappa shape index (κ3) is 4.14. The van der Waals surface area contributed by atoms with Gasteiger partial charge in [0, 0.05) is 76.0 Å². The summed E-state index contributed by atoms with van der Waals surface area (Å²) in [5.74, 6) is 0.624. The van der Waals surface area contributed by atoms with Crippen LogP contribution in [0.5, 0.6) is 0 Å². The van der Waals surface area contributed by atoms with Gasteiger partial charge in [0.1, 0.15) is 0 Å². The molecule has 0 atom stereocenters. The average molecular weight is 706 g/mol. The van der Waals surface area contributed by atoms with Crippen molar-refractivity contribution in [2.24, 2.45) is 0 Å². The third-order valence-electron chi connectivity index (χ3n) is 10.9. The summed E-state index contributed by atoms with van der Waals surface area (Å²) >= 11 is 1.86. The third-order valence-corrected chi connectivity index (χ3v) is 12.0. The van der Waals surface area contributed by atoms with Crippen molar-refractivity contribution in [2.45, 2.75) is 0 Å². The van der Waals surface area contributed by atoms with Crippen LogP contribution >= 0.6 is 11.3 Å². The first-order valence-corrected chi connectivity index (χ1v) is 18.9. The van der Waals surface area contributed by atoms with Crippen molar-refractivity contribution >= 4 is 96.7 Å². The van der Waals surface area contributed by atoms with E-state index in [1.807, 2.05) is 41.9 Å². The molecule has 0 fully saturated rings. The van der Waals surface area contributed by atoms with Crippen LogP contribution in [0.1, 0.15) is 0 Å². The highest BCUT2D eigenvalue weighted by Crippen LogP contribution is 2.48. The van der Waals surface area contributed by atoms with Crippen molar-refractivity contribution in [1.82, 2.24) is 24.5 Å². The summed E-state index contributed by atoms with van der Waals surface area (Å²) in [5.41, 5.74) is 7.88. The van der Waals surface area contributed by atoms with E-state index in [4.69, 9.17) is 15.0 Å². The number of hydrogen-bond acceptors (Lipinski definition) is 5. The fraction of sp³-hybridized carbons (Fsp3) is 0. The molecule has 250 valence electrons. The van der Waals surface area contributed by atoms with Gasteiger partial charge in [0.25, 0.3) is 0 Å². The zero-order valence-electron chi connectivity index (χ0n) is 28.7. The Morgan fingerprint density at radius 1 is 0.426 bits per heavy atom. The van der Waals surface area contributed by atoms with E-state index >= 15 is 0 Å². The van der Waals surface area contributed by atoms with Crippen LogP contribution in [0.3, 0.4) is 0 Å². The Morgan fingerprint density at radius 3 is 1.93 bits per heavy atom. The minimum atomic E-state index is 0.624. The highest BCUT2D eigenvalue weighted by atomic mass is 32.1. The number of nitrogens with zero attached hydrogens (tertiary/aromatic N) is 5. The lowest BCUT2D eigenvalue weighted by Crippen LogP contribution is -2.03. The molecule has 0 saturated heterocycles. The fourth-order valence-corrected chi connectivity index (χ4v) is 9.81. The first-order chi connectivity index (χ1) is 26.8. The summed E-state index contributed by atoms with van der Waals surface area (Å²) in [6.45, 7) is 0. The molecule has 0 radical (unpaired) electrons. The SMILES string of the molecule is c1ccc(-c2nc(-n3c4ccncc4c4cc(-c5nc6ccccc6c6c7ccccc7c7c8ccccc8sc7c56)ccc43)nc3ccccc23)cc1. The molecule has 6 heteroatoms. The van der Waals surface area contributed by atoms with Crippen molar-refractivity contribution in [2.75, 3.05) is 0 Å². The Morgan fingerprint density at radius 2 is 1.09 bits per heavy atom. The largest absolute Gasteiger partial charge is 0.278 e. The number of thiophene rings is 1. The van der Waals surface area contributed by atoms with E-state index < -0.39 is 0 Å². The Hall–Kier alpha value is -7.02. The molecule has 0 N–H and O–H groups in total. The Labute approximate surface area is 312 Å². The number of fused-ring (bicyclic) bond motifs is 14. The molecule has 12 rings (SSSR count). The van der Waals surface area contributed by atoms with Gasteiger partial charge in [-0.05, 0) is 47.2 Å². The molecule has 54 heavy (non-hydrogen) atoms. The molecule has 0 spiro atoms. The van der Waals surface area contributed by atoms with E-state index in [0.29, 0.717) is 5.95 Å². The van der Waals surface area contributed by atoms with Gasteiger partial charge < -0.3 is 0 Å². The molecule has 5 aromatic heterocycles. The summed E-state index contributed by atoms with van der Waals surface area (Å²) in [6, 6.07) is 53.6. The number of para-hydroxylation sites is 2. The molecular weight excluding hydrogens is 679 g/mol. The van der Waals surface area contributed by atoms with E-state index in [0.717, 1.165) is 66.1 Å². The molecule has 0 aliphatic heterocycles. The highest BCUT2D eigenvalue weighted by molar-refractivity contribution is 7.27. The van der Waals surface area contributed by atoms with Gasteiger partial charge in [-0.25, -0.2) is 15.0 Å². The topological polar surface area (TPSA) is 56.5 Å². The number of benzene rings is 7. The van der Waals surface area contributed by atoms with Crippen LogP contribution in [0, 0.1) is 0 Å². The smallest absolute Gasteiger partial charge is 0.235 e. The number of aromatic nitrogens is 5. The maximum absolute atomic E-state index is 5.49. The van der Waals surface area contributed by atoms with Gasteiger partial charge >= 0.3 is 0 Å². The number of pyridine rings is 2. The van der Waals surface area contributed by atoms with Gasteiger partial charge in [0.05, 0.1) is 33.5 Å². The second-order valence-corrected chi connectivity index (χ2v) is 14.8.